The van der Waals surface area contributed by atoms with Crippen molar-refractivity contribution in [3.05, 3.63) is 127 Å². The average Bonchev–Trinajstić information content (AvgIpc) is 3.30. The molecule has 3 aromatic carbocycles. The fraction of sp³-hybridized carbons (Fsp3) is 0.0588. The van der Waals surface area contributed by atoms with Crippen molar-refractivity contribution in [1.29, 1.82) is 0 Å². The van der Waals surface area contributed by atoms with Gasteiger partial charge in [0.15, 0.2) is 5.82 Å². The summed E-state index contributed by atoms with van der Waals surface area (Å²) in [4.78, 5) is 19.2. The van der Waals surface area contributed by atoms with Gasteiger partial charge in [0.1, 0.15) is 0 Å². The third kappa shape index (κ3) is 4.05. The van der Waals surface area contributed by atoms with Crippen molar-refractivity contribution in [2.75, 3.05) is 0 Å². The first kappa shape index (κ1) is 23.0. The number of aromatic nitrogens is 5. The number of nitrogens with zero attached hydrogens (tertiary/aromatic N) is 5. The molecule has 0 bridgehead atoms. The third-order valence-electron chi connectivity index (χ3n) is 7.04. The van der Waals surface area contributed by atoms with E-state index in [4.69, 9.17) is 9.97 Å². The molecule has 4 heterocycles. The van der Waals surface area contributed by atoms with Crippen LogP contribution in [0.2, 0.25) is 0 Å². The molecule has 4 aromatic heterocycles. The lowest BCUT2D eigenvalue weighted by molar-refractivity contribution is 1.12. The first-order chi connectivity index (χ1) is 19.2. The molecule has 0 aliphatic carbocycles. The Labute approximate surface area is 226 Å². The Balaban J connectivity index is 1.52. The summed E-state index contributed by atoms with van der Waals surface area (Å²) in [6, 6.07) is 35.3. The van der Waals surface area contributed by atoms with Gasteiger partial charge in [-0.05, 0) is 80.6 Å². The monoisotopic (exact) mass is 503 g/mol. The predicted octanol–water partition coefficient (Wildman–Crippen LogP) is 7.98. The van der Waals surface area contributed by atoms with E-state index in [1.54, 1.807) is 12.4 Å². The molecule has 0 aliphatic heterocycles. The lowest BCUT2D eigenvalue weighted by Crippen LogP contribution is -2.02. The first-order valence-corrected chi connectivity index (χ1v) is 13.0. The molecular formula is C34H25N5. The van der Waals surface area contributed by atoms with E-state index in [0.717, 1.165) is 45.1 Å². The van der Waals surface area contributed by atoms with Gasteiger partial charge in [-0.25, -0.2) is 9.97 Å². The van der Waals surface area contributed by atoms with Crippen molar-refractivity contribution in [1.82, 2.24) is 24.5 Å². The number of hydrogen-bond donors (Lipinski definition) is 0. The summed E-state index contributed by atoms with van der Waals surface area (Å²) in [5, 5.41) is 2.47. The summed E-state index contributed by atoms with van der Waals surface area (Å²) in [5.74, 6) is 0.628. The van der Waals surface area contributed by atoms with Crippen molar-refractivity contribution >= 4 is 21.8 Å². The molecule has 0 saturated heterocycles. The Kier molecular flexibility index (Phi) is 5.48. The maximum atomic E-state index is 5.04. The molecule has 5 heteroatoms. The van der Waals surface area contributed by atoms with Crippen LogP contribution in [0.5, 0.6) is 0 Å². The first-order valence-electron chi connectivity index (χ1n) is 13.0. The highest BCUT2D eigenvalue weighted by atomic mass is 15.0. The summed E-state index contributed by atoms with van der Waals surface area (Å²) >= 11 is 0. The van der Waals surface area contributed by atoms with Crippen LogP contribution in [-0.4, -0.2) is 24.5 Å². The molecule has 0 amide bonds. The summed E-state index contributed by atoms with van der Waals surface area (Å²) in [5.41, 5.74) is 9.83. The molecule has 7 rings (SSSR count). The molecule has 0 aliphatic rings. The molecule has 0 unspecified atom stereocenters. The molecule has 0 spiro atoms. The maximum absolute atomic E-state index is 5.04. The highest BCUT2D eigenvalue weighted by Crippen LogP contribution is 2.37. The van der Waals surface area contributed by atoms with Crippen LogP contribution < -0.4 is 0 Å². The van der Waals surface area contributed by atoms with Crippen molar-refractivity contribution in [2.45, 2.75) is 13.8 Å². The Bertz CT molecular complexity index is 1860. The second kappa shape index (κ2) is 9.30. The minimum Gasteiger partial charge on any atom is -0.309 e. The maximum Gasteiger partial charge on any atom is 0.162 e. The Hall–Kier alpha value is -5.16. The predicted molar refractivity (Wildman–Crippen MR) is 158 cm³/mol. The van der Waals surface area contributed by atoms with E-state index < -0.39 is 0 Å². The van der Waals surface area contributed by atoms with Gasteiger partial charge in [0, 0.05) is 28.7 Å². The summed E-state index contributed by atoms with van der Waals surface area (Å²) in [7, 11) is 0. The van der Waals surface area contributed by atoms with Crippen molar-refractivity contribution in [3.8, 4) is 39.9 Å². The molecule has 39 heavy (non-hydrogen) atoms. The molecular weight excluding hydrogens is 478 g/mol. The number of benzene rings is 3. The summed E-state index contributed by atoms with van der Waals surface area (Å²) in [6.07, 6.45) is 3.57. The topological polar surface area (TPSA) is 56.5 Å². The average molecular weight is 504 g/mol. The van der Waals surface area contributed by atoms with Crippen LogP contribution in [0.25, 0.3) is 61.7 Å². The molecule has 5 nitrogen and oxygen atoms in total. The van der Waals surface area contributed by atoms with Gasteiger partial charge in [0.05, 0.1) is 39.5 Å². The SMILES string of the molecule is Cc1ccc2c(c1)c1cc(C)ccc1n2-c1ccccc1-c1nc(-c2ccccn2)cc(-c2ccccn2)n1. The number of aryl methyl sites for hydroxylation is 2. The van der Waals surface area contributed by atoms with Gasteiger partial charge in [-0.15, -0.1) is 0 Å². The third-order valence-corrected chi connectivity index (χ3v) is 7.04. The number of hydrogen-bond acceptors (Lipinski definition) is 4. The molecule has 7 aromatic rings. The summed E-state index contributed by atoms with van der Waals surface area (Å²) < 4.78 is 2.33. The molecule has 0 radical (unpaired) electrons. The van der Waals surface area contributed by atoms with Gasteiger partial charge in [-0.1, -0.05) is 47.5 Å². The van der Waals surface area contributed by atoms with Crippen molar-refractivity contribution < 1.29 is 0 Å². The van der Waals surface area contributed by atoms with Gasteiger partial charge in [-0.3, -0.25) is 9.97 Å². The van der Waals surface area contributed by atoms with Crippen LogP contribution in [0, 0.1) is 13.8 Å². The lowest BCUT2D eigenvalue weighted by atomic mass is 10.1. The second-order valence-electron chi connectivity index (χ2n) is 9.79. The molecule has 0 saturated carbocycles. The van der Waals surface area contributed by atoms with Crippen molar-refractivity contribution in [2.24, 2.45) is 0 Å². The van der Waals surface area contributed by atoms with E-state index in [9.17, 15) is 0 Å². The second-order valence-corrected chi connectivity index (χ2v) is 9.79. The van der Waals surface area contributed by atoms with E-state index in [0.29, 0.717) is 5.82 Å². The van der Waals surface area contributed by atoms with Gasteiger partial charge in [0.25, 0.3) is 0 Å². The number of rotatable bonds is 4. The molecule has 0 N–H and O–H groups in total. The number of fused-ring (bicyclic) bond motifs is 3. The molecule has 186 valence electrons. The van der Waals surface area contributed by atoms with Crippen LogP contribution in [0.3, 0.4) is 0 Å². The van der Waals surface area contributed by atoms with Crippen LogP contribution in [0.4, 0.5) is 0 Å². The van der Waals surface area contributed by atoms with E-state index >= 15 is 0 Å². The minimum absolute atomic E-state index is 0.628. The van der Waals surface area contributed by atoms with Crippen LogP contribution in [0.15, 0.2) is 116 Å². The fourth-order valence-electron chi connectivity index (χ4n) is 5.23. The highest BCUT2D eigenvalue weighted by Gasteiger charge is 2.19. The van der Waals surface area contributed by atoms with Crippen molar-refractivity contribution in [3.63, 3.8) is 0 Å². The van der Waals surface area contributed by atoms with E-state index in [1.807, 2.05) is 48.5 Å². The Morgan fingerprint density at radius 3 is 1.59 bits per heavy atom. The zero-order valence-electron chi connectivity index (χ0n) is 21.7. The number of para-hydroxylation sites is 1. The van der Waals surface area contributed by atoms with E-state index in [-0.39, 0.29) is 0 Å². The van der Waals surface area contributed by atoms with Gasteiger partial charge < -0.3 is 4.57 Å². The quantitative estimate of drug-likeness (QED) is 0.244. The van der Waals surface area contributed by atoms with Crippen LogP contribution >= 0.6 is 0 Å². The zero-order valence-corrected chi connectivity index (χ0v) is 21.7. The van der Waals surface area contributed by atoms with Gasteiger partial charge >= 0.3 is 0 Å². The van der Waals surface area contributed by atoms with Crippen LogP contribution in [-0.2, 0) is 0 Å². The largest absolute Gasteiger partial charge is 0.309 e. The lowest BCUT2D eigenvalue weighted by Gasteiger charge is -2.14. The van der Waals surface area contributed by atoms with E-state index in [2.05, 4.69) is 83.0 Å². The Morgan fingerprint density at radius 1 is 0.513 bits per heavy atom. The number of pyridine rings is 2. The molecule has 0 fully saturated rings. The summed E-state index contributed by atoms with van der Waals surface area (Å²) in [6.45, 7) is 4.28. The normalized spacial score (nSPS) is 11.3. The van der Waals surface area contributed by atoms with Crippen LogP contribution in [0.1, 0.15) is 11.1 Å². The van der Waals surface area contributed by atoms with Gasteiger partial charge in [-0.2, -0.15) is 0 Å². The highest BCUT2D eigenvalue weighted by molar-refractivity contribution is 6.10. The van der Waals surface area contributed by atoms with Gasteiger partial charge in [0.2, 0.25) is 0 Å². The smallest absolute Gasteiger partial charge is 0.162 e. The molecule has 0 atom stereocenters. The van der Waals surface area contributed by atoms with E-state index in [1.165, 1.54) is 21.9 Å². The minimum atomic E-state index is 0.628. The Morgan fingerprint density at radius 2 is 1.05 bits per heavy atom. The fourth-order valence-corrected chi connectivity index (χ4v) is 5.23. The zero-order chi connectivity index (χ0) is 26.3. The standard InChI is InChI=1S/C34H25N5/c1-22-13-15-32-25(19-22)26-20-23(2)14-16-33(26)39(32)31-12-4-3-9-24(31)34-37-29(27-10-5-7-17-35-27)21-30(38-34)28-11-6-8-18-36-28/h3-21H,1-2H3.